The molecule has 0 aliphatic heterocycles. The van der Waals surface area contributed by atoms with Gasteiger partial charge in [-0.2, -0.15) is 0 Å². The van der Waals surface area contributed by atoms with E-state index in [0.717, 1.165) is 68.7 Å². The zero-order valence-corrected chi connectivity index (χ0v) is 30.4. The molecule has 4 fully saturated rings. The Morgan fingerprint density at radius 3 is 2.20 bits per heavy atom. The van der Waals surface area contributed by atoms with Crippen molar-refractivity contribution in [1.82, 2.24) is 0 Å². The van der Waals surface area contributed by atoms with Crippen molar-refractivity contribution in [3.8, 4) is 0 Å². The SMILES string of the molecule is COC(C)(C)CCC[C@@](C)(O)[C@H]1CC[C@]2(C)[C@@H]1[C@H](O)C[C@@H]1[C@@]3(C)CC[C@H](OC(=O)c4ccc(Br)cc4)C(C)(C)[C@@H]3CC[C@]12C. The summed E-state index contributed by atoms with van der Waals surface area (Å²) in [7, 11) is 1.76. The molecule has 4 saturated carbocycles. The molecule has 4 aliphatic rings. The van der Waals surface area contributed by atoms with E-state index in [2.05, 4.69) is 64.4 Å². The molecule has 0 aromatic heterocycles. The maximum absolute atomic E-state index is 13.2. The number of ether oxygens (including phenoxy) is 2. The average Bonchev–Trinajstić information content (AvgIpc) is 3.32. The highest BCUT2D eigenvalue weighted by Gasteiger charge is 2.71. The van der Waals surface area contributed by atoms with E-state index < -0.39 is 11.7 Å². The lowest BCUT2D eigenvalue weighted by atomic mass is 9.35. The van der Waals surface area contributed by atoms with Gasteiger partial charge in [-0.05, 0) is 149 Å². The Bertz CT molecular complexity index is 1210. The molecule has 0 unspecified atom stereocenters. The second-order valence-corrected chi connectivity index (χ2v) is 18.3. The molecular weight excluding hydrogens is 616 g/mol. The number of halogens is 1. The van der Waals surface area contributed by atoms with Gasteiger partial charge in [-0.1, -0.05) is 50.5 Å². The van der Waals surface area contributed by atoms with Crippen LogP contribution in [-0.4, -0.2) is 46.7 Å². The molecule has 4 aliphatic carbocycles. The molecule has 5 rings (SSSR count). The van der Waals surface area contributed by atoms with Crippen LogP contribution in [0.5, 0.6) is 0 Å². The normalized spacial score (nSPS) is 41.2. The second kappa shape index (κ2) is 11.6. The van der Waals surface area contributed by atoms with Gasteiger partial charge in [-0.3, -0.25) is 0 Å². The molecule has 0 radical (unpaired) electrons. The molecule has 6 heteroatoms. The Labute approximate surface area is 275 Å². The second-order valence-electron chi connectivity index (χ2n) is 17.4. The number of carbonyl (C=O) groups excluding carboxylic acids is 1. The number of aliphatic hydroxyl groups excluding tert-OH is 1. The Balaban J connectivity index is 1.35. The van der Waals surface area contributed by atoms with Crippen molar-refractivity contribution >= 4 is 21.9 Å². The predicted molar refractivity (Wildman–Crippen MR) is 179 cm³/mol. The quantitative estimate of drug-likeness (QED) is 0.269. The van der Waals surface area contributed by atoms with E-state index in [9.17, 15) is 15.0 Å². The molecule has 0 heterocycles. The fraction of sp³-hybridized carbons (Fsp3) is 0.816. The van der Waals surface area contributed by atoms with Crippen molar-refractivity contribution in [3.63, 3.8) is 0 Å². The molecule has 0 amide bonds. The largest absolute Gasteiger partial charge is 0.458 e. The molecule has 10 atom stereocenters. The predicted octanol–water partition coefficient (Wildman–Crippen LogP) is 8.98. The van der Waals surface area contributed by atoms with Crippen LogP contribution in [0.4, 0.5) is 0 Å². The monoisotopic (exact) mass is 674 g/mol. The minimum atomic E-state index is -0.809. The Morgan fingerprint density at radius 2 is 1.57 bits per heavy atom. The van der Waals surface area contributed by atoms with E-state index in [1.54, 1.807) is 7.11 Å². The third-order valence-electron chi connectivity index (χ3n) is 14.5. The number of aliphatic hydroxyl groups is 2. The van der Waals surface area contributed by atoms with E-state index >= 15 is 0 Å². The molecule has 0 bridgehead atoms. The fourth-order valence-corrected chi connectivity index (χ4v) is 11.8. The van der Waals surface area contributed by atoms with Crippen LogP contribution in [-0.2, 0) is 9.47 Å². The van der Waals surface area contributed by atoms with Gasteiger partial charge in [0.2, 0.25) is 0 Å². The summed E-state index contributed by atoms with van der Waals surface area (Å²) in [5.74, 6) is 0.755. The van der Waals surface area contributed by atoms with Crippen LogP contribution in [0.1, 0.15) is 130 Å². The van der Waals surface area contributed by atoms with Crippen molar-refractivity contribution < 1.29 is 24.5 Å². The number of carbonyl (C=O) groups is 1. The summed E-state index contributed by atoms with van der Waals surface area (Å²) in [5.41, 5.74) is -0.462. The van der Waals surface area contributed by atoms with Crippen LogP contribution < -0.4 is 0 Å². The van der Waals surface area contributed by atoms with Gasteiger partial charge in [0.15, 0.2) is 0 Å². The van der Waals surface area contributed by atoms with E-state index in [1.165, 1.54) is 0 Å². The van der Waals surface area contributed by atoms with Crippen LogP contribution in [0.2, 0.25) is 0 Å². The summed E-state index contributed by atoms with van der Waals surface area (Å²) < 4.78 is 12.9. The summed E-state index contributed by atoms with van der Waals surface area (Å²) in [6.45, 7) is 18.4. The highest BCUT2D eigenvalue weighted by atomic mass is 79.9. The van der Waals surface area contributed by atoms with E-state index in [0.29, 0.717) is 17.4 Å². The smallest absolute Gasteiger partial charge is 0.338 e. The summed E-state index contributed by atoms with van der Waals surface area (Å²) >= 11 is 3.46. The summed E-state index contributed by atoms with van der Waals surface area (Å²) in [6.07, 6.45) is 8.91. The average molecular weight is 676 g/mol. The molecule has 44 heavy (non-hydrogen) atoms. The molecule has 0 saturated heterocycles. The first kappa shape index (κ1) is 34.4. The van der Waals surface area contributed by atoms with Crippen molar-refractivity contribution in [2.45, 2.75) is 143 Å². The van der Waals surface area contributed by atoms with Gasteiger partial charge in [-0.25, -0.2) is 4.79 Å². The van der Waals surface area contributed by atoms with Gasteiger partial charge in [0.25, 0.3) is 0 Å². The first-order valence-corrected chi connectivity index (χ1v) is 18.0. The lowest BCUT2D eigenvalue weighted by molar-refractivity contribution is -0.246. The zero-order chi connectivity index (χ0) is 32.5. The Morgan fingerprint density at radius 1 is 0.932 bits per heavy atom. The fourth-order valence-electron chi connectivity index (χ4n) is 11.6. The van der Waals surface area contributed by atoms with Crippen LogP contribution in [0.25, 0.3) is 0 Å². The number of fused-ring (bicyclic) bond motifs is 5. The van der Waals surface area contributed by atoms with E-state index in [1.807, 2.05) is 31.2 Å². The number of hydrogen-bond acceptors (Lipinski definition) is 5. The van der Waals surface area contributed by atoms with Gasteiger partial charge in [0.05, 0.1) is 22.9 Å². The number of hydrogen-bond donors (Lipinski definition) is 2. The number of esters is 1. The molecular formula is C38H59BrO5. The molecule has 0 spiro atoms. The lowest BCUT2D eigenvalue weighted by Gasteiger charge is -2.70. The topological polar surface area (TPSA) is 76.0 Å². The van der Waals surface area contributed by atoms with Gasteiger partial charge >= 0.3 is 5.97 Å². The summed E-state index contributed by atoms with van der Waals surface area (Å²) in [4.78, 5) is 13.2. The highest BCUT2D eigenvalue weighted by molar-refractivity contribution is 9.10. The minimum Gasteiger partial charge on any atom is -0.458 e. The highest BCUT2D eigenvalue weighted by Crippen LogP contribution is 2.76. The lowest BCUT2D eigenvalue weighted by Crippen LogP contribution is -2.66. The standard InChI is InChI=1S/C38H59BrO5/c1-33(2,43-9)18-10-19-38(8,42)26-15-21-37(7)31(26)27(40)23-29-35(5)20-17-30(34(3,4)28(35)16-22-36(29,37)6)44-32(41)24-11-13-25(39)14-12-24/h11-14,26-31,40,42H,10,15-23H2,1-9H3/t26-,27+,28-,29+,30-,31-,35-,36+,37+,38+/m0/s1. The van der Waals surface area contributed by atoms with Crippen molar-refractivity contribution in [2.24, 2.45) is 45.3 Å². The number of methoxy groups -OCH3 is 1. The summed E-state index contributed by atoms with van der Waals surface area (Å²) in [5, 5.41) is 24.0. The summed E-state index contributed by atoms with van der Waals surface area (Å²) in [6, 6.07) is 7.43. The third-order valence-corrected chi connectivity index (χ3v) is 15.0. The van der Waals surface area contributed by atoms with Gasteiger partial charge in [0.1, 0.15) is 6.10 Å². The first-order valence-electron chi connectivity index (χ1n) is 17.2. The number of benzene rings is 1. The van der Waals surface area contributed by atoms with Crippen molar-refractivity contribution in [2.75, 3.05) is 7.11 Å². The minimum absolute atomic E-state index is 0.0290. The maximum atomic E-state index is 13.2. The van der Waals surface area contributed by atoms with E-state index in [-0.39, 0.29) is 51.2 Å². The van der Waals surface area contributed by atoms with Gasteiger partial charge in [-0.15, -0.1) is 0 Å². The zero-order valence-electron chi connectivity index (χ0n) is 28.8. The molecule has 1 aromatic rings. The van der Waals surface area contributed by atoms with Crippen molar-refractivity contribution in [3.05, 3.63) is 34.3 Å². The van der Waals surface area contributed by atoms with Gasteiger partial charge in [0, 0.05) is 17.0 Å². The third kappa shape index (κ3) is 5.54. The molecule has 248 valence electrons. The van der Waals surface area contributed by atoms with Crippen LogP contribution in [0.15, 0.2) is 28.7 Å². The molecule has 1 aromatic carbocycles. The van der Waals surface area contributed by atoms with Crippen LogP contribution in [0, 0.1) is 45.3 Å². The van der Waals surface area contributed by atoms with Gasteiger partial charge < -0.3 is 19.7 Å². The first-order chi connectivity index (χ1) is 20.3. The van der Waals surface area contributed by atoms with Crippen molar-refractivity contribution in [1.29, 1.82) is 0 Å². The Hall–Kier alpha value is -0.950. The van der Waals surface area contributed by atoms with E-state index in [4.69, 9.17) is 9.47 Å². The van der Waals surface area contributed by atoms with Crippen LogP contribution in [0.3, 0.4) is 0 Å². The molecule has 2 N–H and O–H groups in total. The maximum Gasteiger partial charge on any atom is 0.338 e. The molecule has 5 nitrogen and oxygen atoms in total. The Kier molecular flexibility index (Phi) is 9.09. The van der Waals surface area contributed by atoms with Crippen LogP contribution >= 0.6 is 15.9 Å². The number of rotatable bonds is 8.